The molecule has 3 rings (SSSR count). The normalized spacial score (nSPS) is 17.0. The molecular formula is C19H22N2O5S. The molecule has 1 aliphatic rings. The highest BCUT2D eigenvalue weighted by molar-refractivity contribution is 7.89. The molecule has 3 N–H and O–H groups in total. The van der Waals surface area contributed by atoms with Crippen LogP contribution < -0.4 is 10.0 Å². The number of hydrogen-bond acceptors (Lipinski definition) is 5. The Morgan fingerprint density at radius 1 is 1.15 bits per heavy atom. The Hall–Kier alpha value is -2.42. The van der Waals surface area contributed by atoms with Crippen LogP contribution in [0.15, 0.2) is 53.4 Å². The summed E-state index contributed by atoms with van der Waals surface area (Å²) in [6, 6.07) is 12.4. The number of ether oxygens (including phenoxy) is 1. The van der Waals surface area contributed by atoms with E-state index in [-0.39, 0.29) is 35.7 Å². The van der Waals surface area contributed by atoms with E-state index in [2.05, 4.69) is 10.0 Å². The van der Waals surface area contributed by atoms with Gasteiger partial charge in [0.15, 0.2) is 0 Å². The van der Waals surface area contributed by atoms with Crippen LogP contribution >= 0.6 is 0 Å². The van der Waals surface area contributed by atoms with Crippen LogP contribution in [0.5, 0.6) is 5.75 Å². The fourth-order valence-corrected chi connectivity index (χ4v) is 3.88. The first kappa shape index (κ1) is 19.3. The number of benzene rings is 2. The minimum atomic E-state index is -3.65. The second-order valence-electron chi connectivity index (χ2n) is 6.32. The topological polar surface area (TPSA) is 105 Å². The molecule has 8 heteroatoms. The lowest BCUT2D eigenvalue weighted by Crippen LogP contribution is -2.31. The summed E-state index contributed by atoms with van der Waals surface area (Å²) in [5, 5.41) is 12.4. The molecule has 0 radical (unpaired) electrons. The van der Waals surface area contributed by atoms with Crippen LogP contribution in [0.4, 0.5) is 0 Å². The van der Waals surface area contributed by atoms with Crippen molar-refractivity contribution in [3.05, 3.63) is 59.7 Å². The van der Waals surface area contributed by atoms with Gasteiger partial charge >= 0.3 is 0 Å². The van der Waals surface area contributed by atoms with Crippen molar-refractivity contribution in [2.24, 2.45) is 0 Å². The predicted molar refractivity (Wildman–Crippen MR) is 99.9 cm³/mol. The predicted octanol–water partition coefficient (Wildman–Crippen LogP) is 1.78. The van der Waals surface area contributed by atoms with E-state index < -0.39 is 10.0 Å². The molecule has 0 spiro atoms. The number of phenols is 1. The lowest BCUT2D eigenvalue weighted by atomic mass is 10.2. The summed E-state index contributed by atoms with van der Waals surface area (Å²) in [5.41, 5.74) is 0.937. The van der Waals surface area contributed by atoms with Gasteiger partial charge in [0.2, 0.25) is 10.0 Å². The summed E-state index contributed by atoms with van der Waals surface area (Å²) in [6.07, 6.45) is 1.70. The van der Waals surface area contributed by atoms with Gasteiger partial charge in [-0.1, -0.05) is 18.2 Å². The van der Waals surface area contributed by atoms with Gasteiger partial charge in [-0.15, -0.1) is 0 Å². The third-order valence-corrected chi connectivity index (χ3v) is 5.82. The van der Waals surface area contributed by atoms with Crippen molar-refractivity contribution in [2.45, 2.75) is 30.4 Å². The van der Waals surface area contributed by atoms with Crippen molar-refractivity contribution >= 4 is 15.9 Å². The molecule has 1 amide bonds. The molecule has 1 aliphatic heterocycles. The molecule has 1 heterocycles. The average molecular weight is 390 g/mol. The number of para-hydroxylation sites is 1. The van der Waals surface area contributed by atoms with Crippen molar-refractivity contribution < 1.29 is 23.1 Å². The zero-order valence-corrected chi connectivity index (χ0v) is 15.5. The molecule has 2 aromatic carbocycles. The minimum Gasteiger partial charge on any atom is -0.508 e. The lowest BCUT2D eigenvalue weighted by molar-refractivity contribution is 0.0950. The molecule has 0 saturated carbocycles. The van der Waals surface area contributed by atoms with E-state index in [0.29, 0.717) is 17.7 Å². The number of nitrogens with one attached hydrogen (secondary N) is 2. The van der Waals surface area contributed by atoms with Gasteiger partial charge in [0, 0.05) is 30.8 Å². The van der Waals surface area contributed by atoms with Gasteiger partial charge in [-0.2, -0.15) is 0 Å². The quantitative estimate of drug-likeness (QED) is 0.668. The van der Waals surface area contributed by atoms with Crippen LogP contribution in [0.1, 0.15) is 28.8 Å². The molecule has 0 aromatic heterocycles. The van der Waals surface area contributed by atoms with E-state index in [9.17, 15) is 18.3 Å². The number of sulfonamides is 1. The van der Waals surface area contributed by atoms with Gasteiger partial charge in [-0.25, -0.2) is 13.1 Å². The van der Waals surface area contributed by atoms with Gasteiger partial charge in [0.1, 0.15) is 5.75 Å². The number of rotatable bonds is 7. The average Bonchev–Trinajstić information content (AvgIpc) is 3.19. The number of amides is 1. The molecule has 7 nitrogen and oxygen atoms in total. The highest BCUT2D eigenvalue weighted by Crippen LogP contribution is 2.16. The van der Waals surface area contributed by atoms with Crippen LogP contribution in [0, 0.1) is 0 Å². The van der Waals surface area contributed by atoms with Crippen LogP contribution in [0.25, 0.3) is 0 Å². The van der Waals surface area contributed by atoms with Crippen molar-refractivity contribution in [1.82, 2.24) is 10.0 Å². The Labute approximate surface area is 158 Å². The molecule has 1 saturated heterocycles. The Balaban J connectivity index is 1.58. The molecule has 0 aliphatic carbocycles. The van der Waals surface area contributed by atoms with Crippen molar-refractivity contribution in [1.29, 1.82) is 0 Å². The fraction of sp³-hybridized carbons (Fsp3) is 0.316. The van der Waals surface area contributed by atoms with Crippen molar-refractivity contribution in [3.8, 4) is 5.75 Å². The summed E-state index contributed by atoms with van der Waals surface area (Å²) in [5.74, 6) is -0.244. The van der Waals surface area contributed by atoms with Crippen molar-refractivity contribution in [3.63, 3.8) is 0 Å². The van der Waals surface area contributed by atoms with E-state index in [1.807, 2.05) is 0 Å². The summed E-state index contributed by atoms with van der Waals surface area (Å²) < 4.78 is 32.6. The van der Waals surface area contributed by atoms with E-state index in [1.165, 1.54) is 24.3 Å². The Bertz CT molecular complexity index is 891. The van der Waals surface area contributed by atoms with E-state index in [1.54, 1.807) is 24.3 Å². The second kappa shape index (κ2) is 8.51. The number of aromatic hydroxyl groups is 1. The standard InChI is InChI=1S/C19H22N2O5S/c22-18-6-2-1-4-15(18)12-20-19(23)14-7-9-17(10-8-14)27(24,25)21-13-16-5-3-11-26-16/h1-2,4,6-10,16,21-22H,3,5,11-13H2,(H,20,23). The maximum absolute atomic E-state index is 12.3. The minimum absolute atomic E-state index is 0.0840. The maximum atomic E-state index is 12.3. The first-order valence-corrected chi connectivity index (χ1v) is 10.2. The van der Waals surface area contributed by atoms with Gasteiger partial charge in [-0.05, 0) is 43.2 Å². The highest BCUT2D eigenvalue weighted by Gasteiger charge is 2.20. The molecule has 1 fully saturated rings. The third kappa shape index (κ3) is 5.06. The fourth-order valence-electron chi connectivity index (χ4n) is 2.81. The first-order valence-electron chi connectivity index (χ1n) is 8.72. The first-order chi connectivity index (χ1) is 13.0. The molecule has 144 valence electrons. The summed E-state index contributed by atoms with van der Waals surface area (Å²) in [6.45, 7) is 1.08. The SMILES string of the molecule is O=C(NCc1ccccc1O)c1ccc(S(=O)(=O)NCC2CCCO2)cc1. The summed E-state index contributed by atoms with van der Waals surface area (Å²) in [7, 11) is -3.65. The molecule has 1 unspecified atom stereocenters. The monoisotopic (exact) mass is 390 g/mol. The molecule has 2 aromatic rings. The number of carbonyl (C=O) groups excluding carboxylic acids is 1. The summed E-state index contributed by atoms with van der Waals surface area (Å²) in [4.78, 5) is 12.3. The second-order valence-corrected chi connectivity index (χ2v) is 8.09. The van der Waals surface area contributed by atoms with Crippen LogP contribution in [-0.4, -0.2) is 38.7 Å². The maximum Gasteiger partial charge on any atom is 0.251 e. The lowest BCUT2D eigenvalue weighted by Gasteiger charge is -2.12. The van der Waals surface area contributed by atoms with Gasteiger partial charge in [-0.3, -0.25) is 4.79 Å². The van der Waals surface area contributed by atoms with Gasteiger partial charge in [0.05, 0.1) is 11.0 Å². The van der Waals surface area contributed by atoms with E-state index in [0.717, 1.165) is 12.8 Å². The van der Waals surface area contributed by atoms with Gasteiger partial charge < -0.3 is 15.2 Å². The zero-order chi connectivity index (χ0) is 19.3. The third-order valence-electron chi connectivity index (χ3n) is 4.38. The zero-order valence-electron chi connectivity index (χ0n) is 14.7. The summed E-state index contributed by atoms with van der Waals surface area (Å²) >= 11 is 0. The largest absolute Gasteiger partial charge is 0.508 e. The van der Waals surface area contributed by atoms with E-state index in [4.69, 9.17) is 4.74 Å². The number of carbonyl (C=O) groups is 1. The van der Waals surface area contributed by atoms with Gasteiger partial charge in [0.25, 0.3) is 5.91 Å². The van der Waals surface area contributed by atoms with Crippen LogP contribution in [-0.2, 0) is 21.3 Å². The Morgan fingerprint density at radius 2 is 1.89 bits per heavy atom. The smallest absolute Gasteiger partial charge is 0.251 e. The number of hydrogen-bond donors (Lipinski definition) is 3. The van der Waals surface area contributed by atoms with E-state index >= 15 is 0 Å². The van der Waals surface area contributed by atoms with Crippen molar-refractivity contribution in [2.75, 3.05) is 13.2 Å². The molecular weight excluding hydrogens is 368 g/mol. The number of phenolic OH excluding ortho intramolecular Hbond substituents is 1. The molecule has 27 heavy (non-hydrogen) atoms. The highest BCUT2D eigenvalue weighted by atomic mass is 32.2. The molecule has 0 bridgehead atoms. The Morgan fingerprint density at radius 3 is 2.56 bits per heavy atom. The Kier molecular flexibility index (Phi) is 6.10. The van der Waals surface area contributed by atoms with Crippen LogP contribution in [0.3, 0.4) is 0 Å². The molecule has 1 atom stereocenters. The van der Waals surface area contributed by atoms with Crippen LogP contribution in [0.2, 0.25) is 0 Å².